The van der Waals surface area contributed by atoms with Crippen LogP contribution in [0.5, 0.6) is 0 Å². The molecular formula is C22H17ClN2O. The Morgan fingerprint density at radius 1 is 0.846 bits per heavy atom. The predicted octanol–water partition coefficient (Wildman–Crippen LogP) is 5.34. The lowest BCUT2D eigenvalue weighted by molar-refractivity contribution is 0.0939. The van der Waals surface area contributed by atoms with Gasteiger partial charge in [0.25, 0.3) is 5.91 Å². The molecule has 4 heteroatoms. The molecule has 128 valence electrons. The molecular weight excluding hydrogens is 344 g/mol. The number of amides is 1. The highest BCUT2D eigenvalue weighted by molar-refractivity contribution is 6.35. The van der Waals surface area contributed by atoms with E-state index >= 15 is 0 Å². The molecule has 4 aromatic rings. The van der Waals surface area contributed by atoms with Gasteiger partial charge in [-0.3, -0.25) is 4.79 Å². The van der Waals surface area contributed by atoms with Crippen molar-refractivity contribution in [2.45, 2.75) is 6.04 Å². The van der Waals surface area contributed by atoms with Crippen LogP contribution in [0.4, 0.5) is 0 Å². The number of hydrogen-bond donors (Lipinski definition) is 2. The highest BCUT2D eigenvalue weighted by Gasteiger charge is 2.19. The van der Waals surface area contributed by atoms with Gasteiger partial charge in [-0.05, 0) is 23.3 Å². The van der Waals surface area contributed by atoms with E-state index in [0.717, 1.165) is 22.0 Å². The van der Waals surface area contributed by atoms with E-state index in [1.54, 1.807) is 6.07 Å². The van der Waals surface area contributed by atoms with E-state index in [9.17, 15) is 4.79 Å². The number of nitrogens with one attached hydrogen (secondary N) is 2. The lowest BCUT2D eigenvalue weighted by Gasteiger charge is -2.19. The molecule has 26 heavy (non-hydrogen) atoms. The molecule has 1 heterocycles. The zero-order chi connectivity index (χ0) is 17.9. The minimum absolute atomic E-state index is 0.171. The monoisotopic (exact) mass is 360 g/mol. The van der Waals surface area contributed by atoms with Crippen molar-refractivity contribution in [1.29, 1.82) is 0 Å². The van der Waals surface area contributed by atoms with Gasteiger partial charge in [0, 0.05) is 5.39 Å². The van der Waals surface area contributed by atoms with Crippen LogP contribution in [0.2, 0.25) is 5.02 Å². The Labute approximate surface area is 156 Å². The summed E-state index contributed by atoms with van der Waals surface area (Å²) < 4.78 is 0. The maximum atomic E-state index is 12.9. The van der Waals surface area contributed by atoms with Crippen molar-refractivity contribution in [1.82, 2.24) is 10.3 Å². The number of carbonyl (C=O) groups is 1. The molecule has 0 atom stereocenters. The van der Waals surface area contributed by atoms with E-state index in [1.165, 1.54) is 0 Å². The normalized spacial score (nSPS) is 11.0. The van der Waals surface area contributed by atoms with Gasteiger partial charge >= 0.3 is 0 Å². The molecule has 0 aliphatic rings. The molecule has 0 saturated carbocycles. The van der Waals surface area contributed by atoms with Gasteiger partial charge in [-0.15, -0.1) is 0 Å². The average Bonchev–Trinajstić information content (AvgIpc) is 3.13. The van der Waals surface area contributed by atoms with E-state index in [2.05, 4.69) is 10.3 Å². The summed E-state index contributed by atoms with van der Waals surface area (Å²) in [4.78, 5) is 16.0. The van der Waals surface area contributed by atoms with Crippen LogP contribution in [0.25, 0.3) is 10.9 Å². The van der Waals surface area contributed by atoms with E-state index in [0.29, 0.717) is 10.7 Å². The van der Waals surface area contributed by atoms with Crippen LogP contribution >= 0.6 is 11.6 Å². The lowest BCUT2D eigenvalue weighted by Crippen LogP contribution is -2.29. The number of hydrogen-bond acceptors (Lipinski definition) is 1. The molecule has 3 nitrogen and oxygen atoms in total. The number of para-hydroxylation sites is 1. The number of carbonyl (C=O) groups excluding carboxylic acids is 1. The molecule has 0 bridgehead atoms. The number of halogens is 1. The van der Waals surface area contributed by atoms with Crippen molar-refractivity contribution >= 4 is 28.4 Å². The van der Waals surface area contributed by atoms with Gasteiger partial charge in [0.1, 0.15) is 5.69 Å². The van der Waals surface area contributed by atoms with Crippen molar-refractivity contribution in [3.8, 4) is 0 Å². The van der Waals surface area contributed by atoms with Crippen LogP contribution in [0, 0.1) is 0 Å². The fraction of sp³-hybridized carbons (Fsp3) is 0.0455. The molecule has 0 fully saturated rings. The zero-order valence-corrected chi connectivity index (χ0v) is 14.7. The Bertz CT molecular complexity index is 1000. The molecule has 0 unspecified atom stereocenters. The van der Waals surface area contributed by atoms with Gasteiger partial charge in [0.2, 0.25) is 0 Å². The Hall–Kier alpha value is -3.04. The third kappa shape index (κ3) is 3.22. The average molecular weight is 361 g/mol. The first-order valence-corrected chi connectivity index (χ1v) is 8.78. The van der Waals surface area contributed by atoms with Gasteiger partial charge < -0.3 is 10.3 Å². The van der Waals surface area contributed by atoms with E-state index in [1.807, 2.05) is 78.9 Å². The maximum absolute atomic E-state index is 12.9. The van der Waals surface area contributed by atoms with Crippen LogP contribution in [0.3, 0.4) is 0 Å². The van der Waals surface area contributed by atoms with Gasteiger partial charge in [-0.2, -0.15) is 0 Å². The molecule has 0 aliphatic heterocycles. The quantitative estimate of drug-likeness (QED) is 0.507. The fourth-order valence-electron chi connectivity index (χ4n) is 3.10. The number of aromatic amines is 1. The second-order valence-corrected chi connectivity index (χ2v) is 6.52. The third-order valence-corrected chi connectivity index (χ3v) is 4.71. The van der Waals surface area contributed by atoms with Crippen LogP contribution in [-0.2, 0) is 0 Å². The minimum atomic E-state index is -0.230. The zero-order valence-electron chi connectivity index (χ0n) is 13.9. The third-order valence-electron chi connectivity index (χ3n) is 4.39. The number of H-pyrrole nitrogens is 1. The van der Waals surface area contributed by atoms with Crippen molar-refractivity contribution in [3.63, 3.8) is 0 Å². The van der Waals surface area contributed by atoms with Crippen LogP contribution in [-0.4, -0.2) is 10.9 Å². The molecule has 1 aromatic heterocycles. The van der Waals surface area contributed by atoms with Crippen molar-refractivity contribution < 1.29 is 4.79 Å². The molecule has 0 saturated heterocycles. The molecule has 0 spiro atoms. The van der Waals surface area contributed by atoms with Crippen LogP contribution in [0.15, 0.2) is 84.9 Å². The van der Waals surface area contributed by atoms with Crippen LogP contribution in [0.1, 0.15) is 27.7 Å². The highest BCUT2D eigenvalue weighted by atomic mass is 35.5. The summed E-state index contributed by atoms with van der Waals surface area (Å²) in [5.74, 6) is -0.171. The van der Waals surface area contributed by atoms with Crippen molar-refractivity contribution in [2.75, 3.05) is 0 Å². The number of benzene rings is 3. The first-order valence-electron chi connectivity index (χ1n) is 8.40. The topological polar surface area (TPSA) is 44.9 Å². The molecule has 4 rings (SSSR count). The molecule has 0 radical (unpaired) electrons. The Kier molecular flexibility index (Phi) is 4.46. The van der Waals surface area contributed by atoms with Crippen molar-refractivity contribution in [2.24, 2.45) is 0 Å². The fourth-order valence-corrected chi connectivity index (χ4v) is 3.33. The highest BCUT2D eigenvalue weighted by Crippen LogP contribution is 2.25. The number of fused-ring (bicyclic) bond motifs is 1. The second kappa shape index (κ2) is 7.06. The summed E-state index contributed by atoms with van der Waals surface area (Å²) in [6, 6.07) is 27.1. The first kappa shape index (κ1) is 16.4. The van der Waals surface area contributed by atoms with E-state index in [4.69, 9.17) is 11.6 Å². The summed E-state index contributed by atoms with van der Waals surface area (Å²) in [5, 5.41) is 4.65. The number of rotatable bonds is 4. The van der Waals surface area contributed by atoms with Gasteiger partial charge in [0.05, 0.1) is 16.6 Å². The summed E-state index contributed by atoms with van der Waals surface area (Å²) in [5.41, 5.74) is 3.32. The summed E-state index contributed by atoms with van der Waals surface area (Å²) >= 11 is 6.21. The summed E-state index contributed by atoms with van der Waals surface area (Å²) in [6.07, 6.45) is 0. The summed E-state index contributed by atoms with van der Waals surface area (Å²) in [6.45, 7) is 0. The Morgan fingerprint density at radius 2 is 1.46 bits per heavy atom. The minimum Gasteiger partial charge on any atom is -0.349 e. The molecule has 2 N–H and O–H groups in total. The van der Waals surface area contributed by atoms with Gasteiger partial charge in [-0.1, -0.05) is 84.4 Å². The standard InChI is InChI=1S/C22H17ClN2O/c23-18-13-7-12-17-14-19(24-21(17)18)22(26)25-20(15-8-3-1-4-9-15)16-10-5-2-6-11-16/h1-14,20,24H,(H,25,26). The predicted molar refractivity (Wildman–Crippen MR) is 106 cm³/mol. The molecule has 0 aliphatic carbocycles. The second-order valence-electron chi connectivity index (χ2n) is 6.11. The van der Waals surface area contributed by atoms with Gasteiger partial charge in [0.15, 0.2) is 0 Å². The van der Waals surface area contributed by atoms with Gasteiger partial charge in [-0.25, -0.2) is 0 Å². The lowest BCUT2D eigenvalue weighted by atomic mass is 9.98. The van der Waals surface area contributed by atoms with Crippen LogP contribution < -0.4 is 5.32 Å². The number of aromatic nitrogens is 1. The maximum Gasteiger partial charge on any atom is 0.268 e. The largest absolute Gasteiger partial charge is 0.349 e. The van der Waals surface area contributed by atoms with Crippen molar-refractivity contribution in [3.05, 3.63) is 107 Å². The molecule has 1 amide bonds. The first-order chi connectivity index (χ1) is 12.7. The Balaban J connectivity index is 1.68. The van der Waals surface area contributed by atoms with E-state index in [-0.39, 0.29) is 11.9 Å². The molecule has 3 aromatic carbocycles. The van der Waals surface area contributed by atoms with E-state index < -0.39 is 0 Å². The SMILES string of the molecule is O=C(NC(c1ccccc1)c1ccccc1)c1cc2cccc(Cl)c2[nH]1. The Morgan fingerprint density at radius 3 is 2.04 bits per heavy atom. The smallest absolute Gasteiger partial charge is 0.268 e. The summed E-state index contributed by atoms with van der Waals surface area (Å²) in [7, 11) is 0.